The number of halogens is 1. The molecule has 1 fully saturated rings. The summed E-state index contributed by atoms with van der Waals surface area (Å²) in [5, 5.41) is 4.63. The number of hydrogen-bond donors (Lipinski definition) is 0. The largest absolute Gasteiger partial charge is 0.496 e. The summed E-state index contributed by atoms with van der Waals surface area (Å²) in [6, 6.07) is 10.3. The maximum atomic E-state index is 13.2. The third-order valence-electron chi connectivity index (χ3n) is 6.07. The van der Waals surface area contributed by atoms with Crippen molar-refractivity contribution < 1.29 is 13.9 Å². The second kappa shape index (κ2) is 9.12. The van der Waals surface area contributed by atoms with Gasteiger partial charge in [-0.05, 0) is 37.7 Å². The summed E-state index contributed by atoms with van der Waals surface area (Å²) >= 11 is 6.38. The molecule has 0 spiro atoms. The van der Waals surface area contributed by atoms with Crippen molar-refractivity contribution in [3.05, 3.63) is 67.7 Å². The lowest BCUT2D eigenvalue weighted by Gasteiger charge is -2.26. The molecule has 166 valence electrons. The van der Waals surface area contributed by atoms with E-state index in [9.17, 15) is 4.79 Å². The number of benzene rings is 2. The summed E-state index contributed by atoms with van der Waals surface area (Å²) in [6.45, 7) is 1.10. The van der Waals surface area contributed by atoms with Crippen LogP contribution in [-0.4, -0.2) is 45.3 Å². The molecule has 2 atom stereocenters. The van der Waals surface area contributed by atoms with E-state index in [0.29, 0.717) is 45.4 Å². The highest BCUT2D eigenvalue weighted by molar-refractivity contribution is 6.33. The first-order valence-corrected chi connectivity index (χ1v) is 10.6. The molecule has 8 nitrogen and oxygen atoms in total. The third-order valence-corrected chi connectivity index (χ3v) is 6.40. The van der Waals surface area contributed by atoms with Crippen molar-refractivity contribution in [3.8, 4) is 22.8 Å². The zero-order valence-corrected chi connectivity index (χ0v) is 18.8. The van der Waals surface area contributed by atoms with Crippen LogP contribution in [0.4, 0.5) is 0 Å². The van der Waals surface area contributed by atoms with Crippen LogP contribution in [-0.2, 0) is 0 Å². The molecule has 0 saturated carbocycles. The van der Waals surface area contributed by atoms with Crippen molar-refractivity contribution >= 4 is 22.6 Å². The zero-order chi connectivity index (χ0) is 22.8. The van der Waals surface area contributed by atoms with Gasteiger partial charge >= 0.3 is 0 Å². The normalized spacial score (nSPS) is 18.5. The molecule has 0 radical (unpaired) electrons. The average molecular weight is 455 g/mol. The minimum absolute atomic E-state index is 0.0642. The van der Waals surface area contributed by atoms with Crippen LogP contribution in [0.2, 0.25) is 5.02 Å². The Bertz CT molecular complexity index is 1270. The van der Waals surface area contributed by atoms with Gasteiger partial charge in [-0.1, -0.05) is 28.8 Å². The molecule has 0 bridgehead atoms. The minimum atomic E-state index is -0.236. The number of fused-ring (bicyclic) bond motifs is 1. The SMILES string of the molecule is COc1cc(OC)c2c(=O)cc(-c3ccccc3Cl)oc2c1[C@@H]1CCN(C)[C@H]1CN=[N+]=[N-]. The second-order valence-corrected chi connectivity index (χ2v) is 8.12. The average Bonchev–Trinajstić information content (AvgIpc) is 3.16. The molecule has 0 amide bonds. The fourth-order valence-electron chi connectivity index (χ4n) is 4.50. The quantitative estimate of drug-likeness (QED) is 0.288. The molecule has 0 aliphatic carbocycles. The summed E-state index contributed by atoms with van der Waals surface area (Å²) in [4.78, 5) is 18.3. The number of hydrogen-bond acceptors (Lipinski definition) is 6. The van der Waals surface area contributed by atoms with Gasteiger partial charge in [-0.3, -0.25) is 4.79 Å². The van der Waals surface area contributed by atoms with E-state index < -0.39 is 0 Å². The first-order chi connectivity index (χ1) is 15.5. The predicted molar refractivity (Wildman–Crippen MR) is 124 cm³/mol. The van der Waals surface area contributed by atoms with Crippen LogP contribution in [0.15, 0.2) is 50.7 Å². The molecule has 2 heterocycles. The smallest absolute Gasteiger partial charge is 0.197 e. The topological polar surface area (TPSA) is 101 Å². The summed E-state index contributed by atoms with van der Waals surface area (Å²) < 4.78 is 17.6. The summed E-state index contributed by atoms with van der Waals surface area (Å²) in [5.41, 5.74) is 10.4. The standard InChI is InChI=1S/C23H23ClN4O4/c1-28-9-8-14(16(28)12-26-27-25)21-19(30-2)11-20(31-3)22-17(29)10-18(32-23(21)22)13-6-4-5-7-15(13)24/h4-7,10-11,14,16H,8-9,12H2,1-3H3/t14-,16+/m1/s1. The van der Waals surface area contributed by atoms with Gasteiger partial charge in [0.25, 0.3) is 0 Å². The van der Waals surface area contributed by atoms with Gasteiger partial charge in [0.05, 0.1) is 19.2 Å². The molecule has 32 heavy (non-hydrogen) atoms. The lowest BCUT2D eigenvalue weighted by Crippen LogP contribution is -2.31. The van der Waals surface area contributed by atoms with Crippen molar-refractivity contribution in [1.82, 2.24) is 4.90 Å². The van der Waals surface area contributed by atoms with Crippen LogP contribution in [0, 0.1) is 0 Å². The highest BCUT2D eigenvalue weighted by Gasteiger charge is 2.37. The van der Waals surface area contributed by atoms with Gasteiger partial charge < -0.3 is 18.8 Å². The monoisotopic (exact) mass is 454 g/mol. The van der Waals surface area contributed by atoms with E-state index >= 15 is 0 Å². The lowest BCUT2D eigenvalue weighted by molar-refractivity contribution is 0.300. The third kappa shape index (κ3) is 3.77. The van der Waals surface area contributed by atoms with Crippen LogP contribution in [0.3, 0.4) is 0 Å². The van der Waals surface area contributed by atoms with Crippen molar-refractivity contribution in [2.24, 2.45) is 5.11 Å². The highest BCUT2D eigenvalue weighted by Crippen LogP contribution is 2.45. The van der Waals surface area contributed by atoms with Gasteiger partial charge in [0, 0.05) is 46.7 Å². The molecule has 9 heteroatoms. The Hall–Kier alpha value is -3.19. The molecule has 1 aliphatic rings. The zero-order valence-electron chi connectivity index (χ0n) is 18.0. The molecule has 0 unspecified atom stereocenters. The Balaban J connectivity index is 2.04. The van der Waals surface area contributed by atoms with Crippen molar-refractivity contribution in [1.29, 1.82) is 0 Å². The lowest BCUT2D eigenvalue weighted by atomic mass is 9.89. The maximum absolute atomic E-state index is 13.2. The number of rotatable bonds is 6. The summed E-state index contributed by atoms with van der Waals surface area (Å²) in [6.07, 6.45) is 0.792. The fraction of sp³-hybridized carbons (Fsp3) is 0.348. The van der Waals surface area contributed by atoms with Crippen LogP contribution < -0.4 is 14.9 Å². The Morgan fingerprint density at radius 1 is 1.25 bits per heavy atom. The highest BCUT2D eigenvalue weighted by atomic mass is 35.5. The van der Waals surface area contributed by atoms with Gasteiger partial charge in [-0.15, -0.1) is 0 Å². The Labute approximate surface area is 189 Å². The summed E-state index contributed by atoms with van der Waals surface area (Å²) in [7, 11) is 5.06. The van der Waals surface area contributed by atoms with E-state index in [1.54, 1.807) is 25.3 Å². The van der Waals surface area contributed by atoms with Gasteiger partial charge in [0.2, 0.25) is 0 Å². The summed E-state index contributed by atoms with van der Waals surface area (Å²) in [5.74, 6) is 1.22. The van der Waals surface area contributed by atoms with E-state index in [1.807, 2.05) is 19.2 Å². The first-order valence-electron chi connectivity index (χ1n) is 10.2. The van der Waals surface area contributed by atoms with Crippen LogP contribution in [0.25, 0.3) is 32.7 Å². The molecule has 1 saturated heterocycles. The van der Waals surface area contributed by atoms with E-state index in [1.165, 1.54) is 13.2 Å². The molecule has 3 aromatic rings. The van der Waals surface area contributed by atoms with Gasteiger partial charge in [-0.2, -0.15) is 0 Å². The molecule has 2 aromatic carbocycles. The second-order valence-electron chi connectivity index (χ2n) is 7.71. The minimum Gasteiger partial charge on any atom is -0.496 e. The fourth-order valence-corrected chi connectivity index (χ4v) is 4.73. The van der Waals surface area contributed by atoms with Crippen LogP contribution >= 0.6 is 11.6 Å². The molecule has 1 aromatic heterocycles. The van der Waals surface area contributed by atoms with Crippen molar-refractivity contribution in [2.45, 2.75) is 18.4 Å². The molecule has 1 aliphatic heterocycles. The first kappa shape index (κ1) is 22.0. The number of likely N-dealkylation sites (N-methyl/N-ethyl adjacent to an activating group) is 1. The Morgan fingerprint density at radius 3 is 2.69 bits per heavy atom. The molecule has 4 rings (SSSR count). The van der Waals surface area contributed by atoms with Crippen LogP contribution in [0.5, 0.6) is 11.5 Å². The van der Waals surface area contributed by atoms with E-state index in [4.69, 9.17) is 31.0 Å². The van der Waals surface area contributed by atoms with Crippen molar-refractivity contribution in [2.75, 3.05) is 34.4 Å². The van der Waals surface area contributed by atoms with Crippen LogP contribution in [0.1, 0.15) is 17.9 Å². The molecule has 0 N–H and O–H groups in total. The number of likely N-dealkylation sites (tertiary alicyclic amines) is 1. The molecular formula is C23H23ClN4O4. The number of nitrogens with zero attached hydrogens (tertiary/aromatic N) is 4. The van der Waals surface area contributed by atoms with Crippen molar-refractivity contribution in [3.63, 3.8) is 0 Å². The van der Waals surface area contributed by atoms with E-state index in [2.05, 4.69) is 14.9 Å². The number of methoxy groups -OCH3 is 2. The number of ether oxygens (including phenoxy) is 2. The van der Waals surface area contributed by atoms with Gasteiger partial charge in [0.1, 0.15) is 28.2 Å². The predicted octanol–water partition coefficient (Wildman–Crippen LogP) is 5.23. The Kier molecular flexibility index (Phi) is 6.28. The molecular weight excluding hydrogens is 432 g/mol. The Morgan fingerprint density at radius 2 is 2.00 bits per heavy atom. The maximum Gasteiger partial charge on any atom is 0.197 e. The van der Waals surface area contributed by atoms with Gasteiger partial charge in [0.15, 0.2) is 5.43 Å². The van der Waals surface area contributed by atoms with E-state index in [0.717, 1.165) is 18.5 Å². The van der Waals surface area contributed by atoms with Gasteiger partial charge in [-0.25, -0.2) is 0 Å². The number of azide groups is 1. The van der Waals surface area contributed by atoms with E-state index in [-0.39, 0.29) is 17.4 Å².